The Morgan fingerprint density at radius 2 is 2.00 bits per heavy atom. The fraction of sp³-hybridized carbons (Fsp3) is 0.588. The maximum Gasteiger partial charge on any atom is 0.257 e. The summed E-state index contributed by atoms with van der Waals surface area (Å²) in [6, 6.07) is 5.67. The lowest BCUT2D eigenvalue weighted by Gasteiger charge is -2.35. The standard InChI is InChI=1S/C17H26N2O3/c1-4-14(20)12-18-7-9-19(10-8-18)17(21)15-11-13(2)5-6-16(15)22-3/h5-6,11,14,20H,4,7-10,12H2,1-3H3/t14-/m1/s1. The Morgan fingerprint density at radius 3 is 2.59 bits per heavy atom. The number of carbonyl (C=O) groups is 1. The average Bonchev–Trinajstić information content (AvgIpc) is 2.54. The summed E-state index contributed by atoms with van der Waals surface area (Å²) in [5, 5.41) is 9.72. The fourth-order valence-corrected chi connectivity index (χ4v) is 2.72. The molecule has 2 rings (SSSR count). The smallest absolute Gasteiger partial charge is 0.257 e. The van der Waals surface area contributed by atoms with Crippen LogP contribution in [0.2, 0.25) is 0 Å². The highest BCUT2D eigenvalue weighted by molar-refractivity contribution is 5.97. The maximum absolute atomic E-state index is 12.7. The first kappa shape index (κ1) is 16.8. The Morgan fingerprint density at radius 1 is 1.32 bits per heavy atom. The Hall–Kier alpha value is -1.59. The molecular weight excluding hydrogens is 280 g/mol. The van der Waals surface area contributed by atoms with Crippen LogP contribution in [0.15, 0.2) is 18.2 Å². The molecule has 0 aromatic heterocycles. The van der Waals surface area contributed by atoms with Crippen LogP contribution >= 0.6 is 0 Å². The lowest BCUT2D eigenvalue weighted by molar-refractivity contribution is 0.0521. The van der Waals surface area contributed by atoms with Crippen LogP contribution in [0.4, 0.5) is 0 Å². The van der Waals surface area contributed by atoms with Crippen LogP contribution in [0, 0.1) is 6.92 Å². The highest BCUT2D eigenvalue weighted by atomic mass is 16.5. The summed E-state index contributed by atoms with van der Waals surface area (Å²) in [6.45, 7) is 7.62. The van der Waals surface area contributed by atoms with Gasteiger partial charge in [0.2, 0.25) is 0 Å². The average molecular weight is 306 g/mol. The zero-order valence-electron chi connectivity index (χ0n) is 13.7. The number of ether oxygens (including phenoxy) is 1. The molecule has 5 nitrogen and oxygen atoms in total. The topological polar surface area (TPSA) is 53.0 Å². The van der Waals surface area contributed by atoms with Crippen LogP contribution in [-0.2, 0) is 0 Å². The molecule has 22 heavy (non-hydrogen) atoms. The number of hydrogen-bond donors (Lipinski definition) is 1. The van der Waals surface area contributed by atoms with Crippen molar-refractivity contribution in [2.45, 2.75) is 26.4 Å². The molecule has 1 aliphatic rings. The lowest BCUT2D eigenvalue weighted by atomic mass is 10.1. The van der Waals surface area contributed by atoms with E-state index < -0.39 is 0 Å². The second-order valence-electron chi connectivity index (χ2n) is 5.86. The molecule has 1 fully saturated rings. The van der Waals surface area contributed by atoms with Gasteiger partial charge in [0.1, 0.15) is 5.75 Å². The summed E-state index contributed by atoms with van der Waals surface area (Å²) in [4.78, 5) is 16.8. The molecule has 1 amide bonds. The highest BCUT2D eigenvalue weighted by Crippen LogP contribution is 2.22. The number of hydrogen-bond acceptors (Lipinski definition) is 4. The first-order valence-electron chi connectivity index (χ1n) is 7.89. The molecule has 1 atom stereocenters. The molecule has 0 aliphatic carbocycles. The van der Waals surface area contributed by atoms with E-state index >= 15 is 0 Å². The number of nitrogens with zero attached hydrogens (tertiary/aromatic N) is 2. The second-order valence-corrected chi connectivity index (χ2v) is 5.86. The van der Waals surface area contributed by atoms with Crippen LogP contribution in [0.25, 0.3) is 0 Å². The summed E-state index contributed by atoms with van der Waals surface area (Å²) < 4.78 is 5.31. The second kappa shape index (κ2) is 7.61. The van der Waals surface area contributed by atoms with Crippen molar-refractivity contribution in [3.63, 3.8) is 0 Å². The molecule has 1 aromatic rings. The van der Waals surface area contributed by atoms with Crippen molar-refractivity contribution in [3.8, 4) is 5.75 Å². The summed E-state index contributed by atoms with van der Waals surface area (Å²) in [5.74, 6) is 0.649. The molecule has 0 saturated carbocycles. The fourth-order valence-electron chi connectivity index (χ4n) is 2.72. The quantitative estimate of drug-likeness (QED) is 0.896. The van der Waals surface area contributed by atoms with E-state index in [2.05, 4.69) is 4.90 Å². The predicted molar refractivity (Wildman–Crippen MR) is 86.4 cm³/mol. The Balaban J connectivity index is 1.99. The van der Waals surface area contributed by atoms with Gasteiger partial charge in [-0.15, -0.1) is 0 Å². The summed E-state index contributed by atoms with van der Waals surface area (Å²) in [6.07, 6.45) is 0.485. The van der Waals surface area contributed by atoms with Crippen molar-refractivity contribution < 1.29 is 14.6 Å². The van der Waals surface area contributed by atoms with E-state index in [0.717, 1.165) is 25.1 Å². The number of piperazine rings is 1. The van der Waals surface area contributed by atoms with Gasteiger partial charge in [0, 0.05) is 32.7 Å². The third-order valence-electron chi connectivity index (χ3n) is 4.19. The zero-order valence-corrected chi connectivity index (χ0v) is 13.7. The van der Waals surface area contributed by atoms with Crippen LogP contribution in [-0.4, -0.2) is 66.8 Å². The van der Waals surface area contributed by atoms with Gasteiger partial charge in [-0.25, -0.2) is 0 Å². The van der Waals surface area contributed by atoms with Gasteiger partial charge in [0.05, 0.1) is 18.8 Å². The van der Waals surface area contributed by atoms with Gasteiger partial charge in [0.15, 0.2) is 0 Å². The number of aliphatic hydroxyl groups is 1. The molecule has 1 heterocycles. The molecule has 0 radical (unpaired) electrons. The monoisotopic (exact) mass is 306 g/mol. The molecule has 0 bridgehead atoms. The van der Waals surface area contributed by atoms with Crippen LogP contribution in [0.3, 0.4) is 0 Å². The van der Waals surface area contributed by atoms with Crippen molar-refractivity contribution in [1.82, 2.24) is 9.80 Å². The number of amides is 1. The predicted octanol–water partition coefficient (Wildman–Crippen LogP) is 1.53. The van der Waals surface area contributed by atoms with E-state index in [9.17, 15) is 9.90 Å². The Bertz CT molecular complexity index is 511. The van der Waals surface area contributed by atoms with E-state index in [1.54, 1.807) is 7.11 Å². The number of aliphatic hydroxyl groups excluding tert-OH is 1. The molecule has 5 heteroatoms. The van der Waals surface area contributed by atoms with E-state index in [1.807, 2.05) is 36.9 Å². The van der Waals surface area contributed by atoms with E-state index in [0.29, 0.717) is 30.9 Å². The zero-order chi connectivity index (χ0) is 16.1. The molecule has 0 spiro atoms. The summed E-state index contributed by atoms with van der Waals surface area (Å²) in [5.41, 5.74) is 1.68. The molecular formula is C17H26N2O3. The molecule has 1 aliphatic heterocycles. The molecule has 122 valence electrons. The Labute approximate surface area is 132 Å². The van der Waals surface area contributed by atoms with Crippen LogP contribution < -0.4 is 4.74 Å². The minimum atomic E-state index is -0.279. The van der Waals surface area contributed by atoms with E-state index in [1.165, 1.54) is 0 Å². The van der Waals surface area contributed by atoms with Crippen molar-refractivity contribution in [2.24, 2.45) is 0 Å². The molecule has 1 aromatic carbocycles. The first-order valence-corrected chi connectivity index (χ1v) is 7.89. The van der Waals surface area contributed by atoms with Crippen molar-refractivity contribution in [3.05, 3.63) is 29.3 Å². The van der Waals surface area contributed by atoms with Crippen molar-refractivity contribution in [2.75, 3.05) is 39.8 Å². The Kier molecular flexibility index (Phi) is 5.80. The van der Waals surface area contributed by atoms with Crippen molar-refractivity contribution >= 4 is 5.91 Å². The van der Waals surface area contributed by atoms with Crippen LogP contribution in [0.5, 0.6) is 5.75 Å². The minimum Gasteiger partial charge on any atom is -0.496 e. The van der Waals surface area contributed by atoms with Gasteiger partial charge < -0.3 is 14.7 Å². The SMILES string of the molecule is CC[C@@H](O)CN1CCN(C(=O)c2cc(C)ccc2OC)CC1. The number of carbonyl (C=O) groups excluding carboxylic acids is 1. The largest absolute Gasteiger partial charge is 0.496 e. The molecule has 1 N–H and O–H groups in total. The van der Waals surface area contributed by atoms with Gasteiger partial charge in [-0.3, -0.25) is 9.69 Å². The summed E-state index contributed by atoms with van der Waals surface area (Å²) in [7, 11) is 1.59. The van der Waals surface area contributed by atoms with Gasteiger partial charge in [-0.2, -0.15) is 0 Å². The third kappa shape index (κ3) is 3.99. The van der Waals surface area contributed by atoms with Gasteiger partial charge in [0.25, 0.3) is 5.91 Å². The van der Waals surface area contributed by atoms with Gasteiger partial charge >= 0.3 is 0 Å². The number of methoxy groups -OCH3 is 1. The first-order chi connectivity index (χ1) is 10.5. The van der Waals surface area contributed by atoms with Crippen molar-refractivity contribution in [1.29, 1.82) is 0 Å². The minimum absolute atomic E-state index is 0.0243. The normalized spacial score (nSPS) is 17.4. The third-order valence-corrected chi connectivity index (χ3v) is 4.19. The number of aryl methyl sites for hydroxylation is 1. The molecule has 1 saturated heterocycles. The van der Waals surface area contributed by atoms with Crippen LogP contribution in [0.1, 0.15) is 29.3 Å². The van der Waals surface area contributed by atoms with Gasteiger partial charge in [-0.05, 0) is 25.5 Å². The maximum atomic E-state index is 12.7. The lowest BCUT2D eigenvalue weighted by Crippen LogP contribution is -2.50. The number of rotatable bonds is 5. The summed E-state index contributed by atoms with van der Waals surface area (Å²) >= 11 is 0. The molecule has 0 unspecified atom stereocenters. The van der Waals surface area contributed by atoms with Gasteiger partial charge in [-0.1, -0.05) is 18.6 Å². The van der Waals surface area contributed by atoms with E-state index in [-0.39, 0.29) is 12.0 Å². The highest BCUT2D eigenvalue weighted by Gasteiger charge is 2.25. The number of benzene rings is 1. The van der Waals surface area contributed by atoms with E-state index in [4.69, 9.17) is 4.74 Å². The number of β-amino-alcohol motifs (C(OH)–C–C–N with tert-alkyl or cyclic N) is 1.